The van der Waals surface area contributed by atoms with Gasteiger partial charge in [0.1, 0.15) is 10.7 Å². The molecule has 0 bridgehead atoms. The highest BCUT2D eigenvalue weighted by molar-refractivity contribution is 7.89. The first-order valence-corrected chi connectivity index (χ1v) is 7.95. The molecular weight excluding hydrogens is 267 g/mol. The second-order valence-electron chi connectivity index (χ2n) is 5.25. The molecule has 4 nitrogen and oxygen atoms in total. The third kappa shape index (κ3) is 3.25. The van der Waals surface area contributed by atoms with E-state index in [0.29, 0.717) is 5.92 Å². The van der Waals surface area contributed by atoms with Crippen molar-refractivity contribution in [2.24, 2.45) is 5.92 Å². The summed E-state index contributed by atoms with van der Waals surface area (Å²) >= 11 is 0. The van der Waals surface area contributed by atoms with Crippen LogP contribution in [0.25, 0.3) is 0 Å². The number of anilines is 1. The zero-order chi connectivity index (χ0) is 14.0. The van der Waals surface area contributed by atoms with Crippen LogP contribution in [0.15, 0.2) is 23.1 Å². The molecule has 1 fully saturated rings. The van der Waals surface area contributed by atoms with Crippen molar-refractivity contribution in [2.45, 2.75) is 43.5 Å². The second-order valence-corrected chi connectivity index (χ2v) is 6.90. The zero-order valence-electron chi connectivity index (χ0n) is 10.9. The van der Waals surface area contributed by atoms with Crippen LogP contribution in [0, 0.1) is 11.7 Å². The van der Waals surface area contributed by atoms with E-state index in [1.54, 1.807) is 0 Å². The Labute approximate surface area is 113 Å². The lowest BCUT2D eigenvalue weighted by Crippen LogP contribution is -2.38. The molecule has 106 valence electrons. The Bertz CT molecular complexity index is 540. The Kier molecular flexibility index (Phi) is 4.10. The largest absolute Gasteiger partial charge is 0.398 e. The van der Waals surface area contributed by atoms with Gasteiger partial charge in [0, 0.05) is 6.04 Å². The Morgan fingerprint density at radius 3 is 2.74 bits per heavy atom. The first-order chi connectivity index (χ1) is 8.90. The Morgan fingerprint density at radius 2 is 2.11 bits per heavy atom. The summed E-state index contributed by atoms with van der Waals surface area (Å²) in [4.78, 5) is -0.437. The molecule has 0 heterocycles. The highest BCUT2D eigenvalue weighted by Crippen LogP contribution is 2.27. The minimum Gasteiger partial charge on any atom is -0.398 e. The molecule has 0 radical (unpaired) electrons. The number of halogens is 1. The summed E-state index contributed by atoms with van der Waals surface area (Å²) in [6.45, 7) is 2.10. The molecule has 2 unspecified atom stereocenters. The van der Waals surface area contributed by atoms with Crippen LogP contribution >= 0.6 is 0 Å². The average molecular weight is 286 g/mol. The number of hydrogen-bond donors (Lipinski definition) is 2. The fraction of sp³-hybridized carbons (Fsp3) is 0.538. The SMILES string of the molecule is CC1CCCC(NS(=O)(=O)c2c(N)cccc2F)C1. The highest BCUT2D eigenvalue weighted by atomic mass is 32.2. The van der Waals surface area contributed by atoms with Crippen LogP contribution in [0.4, 0.5) is 10.1 Å². The maximum Gasteiger partial charge on any atom is 0.245 e. The smallest absolute Gasteiger partial charge is 0.245 e. The van der Waals surface area contributed by atoms with E-state index in [1.165, 1.54) is 12.1 Å². The molecule has 1 aromatic carbocycles. The quantitative estimate of drug-likeness (QED) is 0.837. The minimum absolute atomic E-state index is 0.0589. The fourth-order valence-electron chi connectivity index (χ4n) is 2.63. The van der Waals surface area contributed by atoms with E-state index in [-0.39, 0.29) is 11.7 Å². The zero-order valence-corrected chi connectivity index (χ0v) is 11.7. The van der Waals surface area contributed by atoms with E-state index in [2.05, 4.69) is 11.6 Å². The Hall–Kier alpha value is -1.14. The van der Waals surface area contributed by atoms with Crippen LogP contribution in [0.3, 0.4) is 0 Å². The van der Waals surface area contributed by atoms with Gasteiger partial charge >= 0.3 is 0 Å². The first kappa shape index (κ1) is 14.3. The summed E-state index contributed by atoms with van der Waals surface area (Å²) in [7, 11) is -3.89. The van der Waals surface area contributed by atoms with Crippen molar-refractivity contribution >= 4 is 15.7 Å². The predicted octanol–water partition coefficient (Wildman–Crippen LogP) is 2.26. The fourth-order valence-corrected chi connectivity index (χ4v) is 4.10. The van der Waals surface area contributed by atoms with Crippen LogP contribution in [0.5, 0.6) is 0 Å². The molecule has 19 heavy (non-hydrogen) atoms. The molecule has 0 spiro atoms. The number of nitrogens with one attached hydrogen (secondary N) is 1. The molecule has 2 rings (SSSR count). The third-order valence-electron chi connectivity index (χ3n) is 3.52. The summed E-state index contributed by atoms with van der Waals surface area (Å²) < 4.78 is 40.7. The molecular formula is C13H19FN2O2S. The Balaban J connectivity index is 2.23. The topological polar surface area (TPSA) is 72.2 Å². The molecule has 0 aliphatic heterocycles. The summed E-state index contributed by atoms with van der Waals surface area (Å²) in [5.41, 5.74) is 5.52. The van der Waals surface area contributed by atoms with Crippen LogP contribution in [0.1, 0.15) is 32.6 Å². The maximum atomic E-state index is 13.7. The Morgan fingerprint density at radius 1 is 1.37 bits per heavy atom. The van der Waals surface area contributed by atoms with Crippen molar-refractivity contribution in [2.75, 3.05) is 5.73 Å². The molecule has 1 aliphatic carbocycles. The van der Waals surface area contributed by atoms with Crippen molar-refractivity contribution in [1.82, 2.24) is 4.72 Å². The van der Waals surface area contributed by atoms with Crippen molar-refractivity contribution in [3.05, 3.63) is 24.0 Å². The van der Waals surface area contributed by atoms with E-state index in [1.807, 2.05) is 0 Å². The van der Waals surface area contributed by atoms with Gasteiger partial charge in [0.05, 0.1) is 5.69 Å². The first-order valence-electron chi connectivity index (χ1n) is 6.46. The second kappa shape index (κ2) is 5.46. The number of benzene rings is 1. The van der Waals surface area contributed by atoms with Crippen molar-refractivity contribution in [3.8, 4) is 0 Å². The molecule has 0 amide bonds. The average Bonchev–Trinajstić information content (AvgIpc) is 2.27. The van der Waals surface area contributed by atoms with Crippen LogP contribution < -0.4 is 10.5 Å². The number of nitrogen functional groups attached to an aromatic ring is 1. The molecule has 2 atom stereocenters. The molecule has 0 aromatic heterocycles. The van der Waals surface area contributed by atoms with Gasteiger partial charge in [-0.2, -0.15) is 0 Å². The predicted molar refractivity (Wildman–Crippen MR) is 72.6 cm³/mol. The van der Waals surface area contributed by atoms with Crippen molar-refractivity contribution in [1.29, 1.82) is 0 Å². The van der Waals surface area contributed by atoms with E-state index in [9.17, 15) is 12.8 Å². The van der Waals surface area contributed by atoms with Gasteiger partial charge in [0.15, 0.2) is 0 Å². The molecule has 1 saturated carbocycles. The summed E-state index contributed by atoms with van der Waals surface area (Å²) in [6, 6.07) is 3.76. The van der Waals surface area contributed by atoms with E-state index >= 15 is 0 Å². The van der Waals surface area contributed by atoms with Gasteiger partial charge in [-0.15, -0.1) is 0 Å². The van der Waals surface area contributed by atoms with Gasteiger partial charge < -0.3 is 5.73 Å². The lowest BCUT2D eigenvalue weighted by molar-refractivity contribution is 0.327. The van der Waals surface area contributed by atoms with E-state index in [0.717, 1.165) is 31.7 Å². The van der Waals surface area contributed by atoms with Crippen LogP contribution in [-0.4, -0.2) is 14.5 Å². The summed E-state index contributed by atoms with van der Waals surface area (Å²) in [5.74, 6) is -0.323. The van der Waals surface area contributed by atoms with Gasteiger partial charge in [-0.25, -0.2) is 17.5 Å². The lowest BCUT2D eigenvalue weighted by atomic mass is 9.88. The maximum absolute atomic E-state index is 13.7. The molecule has 0 saturated heterocycles. The summed E-state index contributed by atoms with van der Waals surface area (Å²) in [5, 5.41) is 0. The highest BCUT2D eigenvalue weighted by Gasteiger charge is 2.27. The van der Waals surface area contributed by atoms with Crippen LogP contribution in [-0.2, 0) is 10.0 Å². The number of hydrogen-bond acceptors (Lipinski definition) is 3. The minimum atomic E-state index is -3.89. The number of rotatable bonds is 3. The molecule has 6 heteroatoms. The summed E-state index contributed by atoms with van der Waals surface area (Å²) in [6.07, 6.45) is 3.67. The van der Waals surface area contributed by atoms with Crippen molar-refractivity contribution < 1.29 is 12.8 Å². The van der Waals surface area contributed by atoms with Crippen LogP contribution in [0.2, 0.25) is 0 Å². The van der Waals surface area contributed by atoms with E-state index in [4.69, 9.17) is 5.73 Å². The number of nitrogens with two attached hydrogens (primary N) is 1. The normalized spacial score (nSPS) is 24.3. The molecule has 3 N–H and O–H groups in total. The van der Waals surface area contributed by atoms with Gasteiger partial charge in [0.25, 0.3) is 0 Å². The van der Waals surface area contributed by atoms with Gasteiger partial charge in [0.2, 0.25) is 10.0 Å². The monoisotopic (exact) mass is 286 g/mol. The lowest BCUT2D eigenvalue weighted by Gasteiger charge is -2.27. The molecule has 1 aliphatic rings. The third-order valence-corrected chi connectivity index (χ3v) is 5.14. The van der Waals surface area contributed by atoms with Gasteiger partial charge in [-0.05, 0) is 30.9 Å². The standard InChI is InChI=1S/C13H19FN2O2S/c1-9-4-2-5-10(8-9)16-19(17,18)13-11(14)6-3-7-12(13)15/h3,6-7,9-10,16H,2,4-5,8,15H2,1H3. The van der Waals surface area contributed by atoms with Gasteiger partial charge in [-0.3, -0.25) is 0 Å². The molecule has 1 aromatic rings. The van der Waals surface area contributed by atoms with Gasteiger partial charge in [-0.1, -0.05) is 25.8 Å². The van der Waals surface area contributed by atoms with Crippen molar-refractivity contribution in [3.63, 3.8) is 0 Å². The van der Waals surface area contributed by atoms with E-state index < -0.39 is 20.7 Å². The number of sulfonamides is 1.